The summed E-state index contributed by atoms with van der Waals surface area (Å²) in [5, 5.41) is 5.42. The number of nitrogens with one attached hydrogen (secondary N) is 2. The monoisotopic (exact) mass is 388 g/mol. The number of para-hydroxylation sites is 3. The summed E-state index contributed by atoms with van der Waals surface area (Å²) in [5.41, 5.74) is 2.51. The maximum absolute atomic E-state index is 12.4. The van der Waals surface area contributed by atoms with Gasteiger partial charge in [0.2, 0.25) is 0 Å². The number of aryl methyl sites for hydroxylation is 2. The van der Waals surface area contributed by atoms with Crippen molar-refractivity contribution in [3.8, 4) is 5.75 Å². The minimum atomic E-state index is -2.90. The number of aromatic nitrogens is 2. The Morgan fingerprint density at radius 3 is 2.71 bits per heavy atom. The molecule has 0 bridgehead atoms. The van der Waals surface area contributed by atoms with Crippen molar-refractivity contribution < 1.29 is 18.3 Å². The van der Waals surface area contributed by atoms with Crippen molar-refractivity contribution in [2.75, 3.05) is 6.54 Å². The summed E-state index contributed by atoms with van der Waals surface area (Å²) in [6, 6.07) is 13.9. The van der Waals surface area contributed by atoms with Crippen molar-refractivity contribution in [1.82, 2.24) is 20.2 Å². The van der Waals surface area contributed by atoms with E-state index in [9.17, 15) is 13.6 Å². The lowest BCUT2D eigenvalue weighted by Gasteiger charge is -2.12. The van der Waals surface area contributed by atoms with Crippen LogP contribution in [0.4, 0.5) is 13.6 Å². The minimum absolute atomic E-state index is 0.0558. The molecule has 0 unspecified atom stereocenters. The summed E-state index contributed by atoms with van der Waals surface area (Å²) in [6.45, 7) is 0.363. The van der Waals surface area contributed by atoms with Gasteiger partial charge in [-0.1, -0.05) is 30.3 Å². The largest absolute Gasteiger partial charge is 0.434 e. The van der Waals surface area contributed by atoms with E-state index in [-0.39, 0.29) is 18.3 Å². The number of benzene rings is 2. The molecule has 2 amide bonds. The molecule has 28 heavy (non-hydrogen) atoms. The Balaban J connectivity index is 1.45. The number of urea groups is 1. The second kappa shape index (κ2) is 9.16. The molecule has 1 aromatic heterocycles. The average molecular weight is 388 g/mol. The molecule has 0 saturated heterocycles. The molecule has 2 aromatic carbocycles. The molecule has 8 heteroatoms. The Bertz CT molecular complexity index is 943. The van der Waals surface area contributed by atoms with E-state index in [1.807, 2.05) is 31.2 Å². The maximum atomic E-state index is 12.4. The molecule has 0 fully saturated rings. The van der Waals surface area contributed by atoms with Crippen LogP contribution < -0.4 is 15.4 Å². The highest BCUT2D eigenvalue weighted by Crippen LogP contribution is 2.20. The van der Waals surface area contributed by atoms with Crippen LogP contribution in [-0.4, -0.2) is 28.7 Å². The van der Waals surface area contributed by atoms with E-state index in [1.54, 1.807) is 18.2 Å². The summed E-state index contributed by atoms with van der Waals surface area (Å²) in [7, 11) is 0. The summed E-state index contributed by atoms with van der Waals surface area (Å²) in [6.07, 6.45) is 0.736. The number of fused-ring (bicyclic) bond motifs is 1. The van der Waals surface area contributed by atoms with Crippen molar-refractivity contribution in [1.29, 1.82) is 0 Å². The SMILES string of the molecule is Cc1nc2ccccc2n1CCCNC(=O)NCc1ccccc1OC(F)F. The predicted octanol–water partition coefficient (Wildman–Crippen LogP) is 3.84. The molecule has 0 spiro atoms. The van der Waals surface area contributed by atoms with Gasteiger partial charge in [0.05, 0.1) is 11.0 Å². The van der Waals surface area contributed by atoms with Crippen molar-refractivity contribution in [3.05, 3.63) is 59.9 Å². The standard InChI is InChI=1S/C20H22F2N4O2/c1-14-25-16-8-3-4-9-17(16)26(14)12-6-11-23-20(27)24-13-15-7-2-5-10-18(15)28-19(21)22/h2-5,7-10,19H,6,11-13H2,1H3,(H2,23,24,27). The summed E-state index contributed by atoms with van der Waals surface area (Å²) in [4.78, 5) is 16.5. The predicted molar refractivity (Wildman–Crippen MR) is 102 cm³/mol. The van der Waals surface area contributed by atoms with Gasteiger partial charge in [0.25, 0.3) is 0 Å². The Morgan fingerprint density at radius 2 is 1.89 bits per heavy atom. The Kier molecular flexibility index (Phi) is 6.41. The molecule has 0 aliphatic carbocycles. The Hall–Kier alpha value is -3.16. The Labute approximate surface area is 161 Å². The van der Waals surface area contributed by atoms with Crippen molar-refractivity contribution in [3.63, 3.8) is 0 Å². The third kappa shape index (κ3) is 4.97. The molecule has 148 valence electrons. The fourth-order valence-electron chi connectivity index (χ4n) is 3.02. The molecule has 0 saturated carbocycles. The molecule has 1 heterocycles. The van der Waals surface area contributed by atoms with E-state index in [0.29, 0.717) is 12.1 Å². The number of hydrogen-bond donors (Lipinski definition) is 2. The highest BCUT2D eigenvalue weighted by Gasteiger charge is 2.10. The van der Waals surface area contributed by atoms with Gasteiger partial charge in [0, 0.05) is 25.2 Å². The first-order chi connectivity index (χ1) is 13.5. The quantitative estimate of drug-likeness (QED) is 0.576. The minimum Gasteiger partial charge on any atom is -0.434 e. The van der Waals surface area contributed by atoms with Gasteiger partial charge in [-0.05, 0) is 31.5 Å². The number of alkyl halides is 2. The molecule has 0 aliphatic heterocycles. The maximum Gasteiger partial charge on any atom is 0.387 e. The third-order valence-electron chi connectivity index (χ3n) is 4.32. The number of carbonyl (C=O) groups excluding carboxylic acids is 1. The van der Waals surface area contributed by atoms with E-state index in [1.165, 1.54) is 6.07 Å². The number of nitrogens with zero attached hydrogens (tertiary/aromatic N) is 2. The molecule has 0 radical (unpaired) electrons. The van der Waals surface area contributed by atoms with Crippen LogP contribution in [0.5, 0.6) is 5.75 Å². The molecular formula is C20H22F2N4O2. The fourth-order valence-corrected chi connectivity index (χ4v) is 3.02. The normalized spacial score (nSPS) is 11.0. The van der Waals surface area contributed by atoms with Crippen molar-refractivity contribution in [2.45, 2.75) is 33.0 Å². The summed E-state index contributed by atoms with van der Waals surface area (Å²) < 4.78 is 31.4. The molecule has 0 atom stereocenters. The number of imidazole rings is 1. The number of carbonyl (C=O) groups is 1. The van der Waals surface area contributed by atoms with Gasteiger partial charge in [-0.2, -0.15) is 8.78 Å². The van der Waals surface area contributed by atoms with E-state index >= 15 is 0 Å². The lowest BCUT2D eigenvalue weighted by atomic mass is 10.2. The number of halogens is 2. The van der Waals surface area contributed by atoms with Crippen LogP contribution in [0.2, 0.25) is 0 Å². The summed E-state index contributed by atoms with van der Waals surface area (Å²) >= 11 is 0. The first-order valence-electron chi connectivity index (χ1n) is 9.01. The van der Waals surface area contributed by atoms with E-state index < -0.39 is 6.61 Å². The zero-order chi connectivity index (χ0) is 19.9. The smallest absolute Gasteiger partial charge is 0.387 e. The van der Waals surface area contributed by atoms with Crippen LogP contribution in [0.3, 0.4) is 0 Å². The lowest BCUT2D eigenvalue weighted by Crippen LogP contribution is -2.36. The molecule has 3 aromatic rings. The first-order valence-corrected chi connectivity index (χ1v) is 9.01. The van der Waals surface area contributed by atoms with Gasteiger partial charge in [-0.25, -0.2) is 9.78 Å². The second-order valence-electron chi connectivity index (χ2n) is 6.25. The van der Waals surface area contributed by atoms with Crippen LogP contribution in [0.25, 0.3) is 11.0 Å². The van der Waals surface area contributed by atoms with Crippen LogP contribution in [-0.2, 0) is 13.1 Å². The topological polar surface area (TPSA) is 68.2 Å². The molecule has 2 N–H and O–H groups in total. The van der Waals surface area contributed by atoms with Gasteiger partial charge < -0.3 is 19.9 Å². The number of ether oxygens (including phenoxy) is 1. The number of amides is 2. The van der Waals surface area contributed by atoms with Gasteiger partial charge in [-0.15, -0.1) is 0 Å². The van der Waals surface area contributed by atoms with E-state index in [2.05, 4.69) is 24.9 Å². The zero-order valence-corrected chi connectivity index (χ0v) is 15.5. The molecular weight excluding hydrogens is 366 g/mol. The zero-order valence-electron chi connectivity index (χ0n) is 15.5. The van der Waals surface area contributed by atoms with Crippen LogP contribution >= 0.6 is 0 Å². The van der Waals surface area contributed by atoms with Gasteiger partial charge in [0.1, 0.15) is 11.6 Å². The molecule has 6 nitrogen and oxygen atoms in total. The number of hydrogen-bond acceptors (Lipinski definition) is 3. The average Bonchev–Trinajstić information content (AvgIpc) is 2.99. The number of rotatable bonds is 8. The van der Waals surface area contributed by atoms with Crippen LogP contribution in [0, 0.1) is 6.92 Å². The van der Waals surface area contributed by atoms with E-state index in [4.69, 9.17) is 0 Å². The third-order valence-corrected chi connectivity index (χ3v) is 4.32. The van der Waals surface area contributed by atoms with Crippen molar-refractivity contribution in [2.24, 2.45) is 0 Å². The highest BCUT2D eigenvalue weighted by molar-refractivity contribution is 5.76. The van der Waals surface area contributed by atoms with Gasteiger partial charge >= 0.3 is 12.6 Å². The van der Waals surface area contributed by atoms with E-state index in [0.717, 1.165) is 29.8 Å². The molecule has 3 rings (SSSR count). The first kappa shape index (κ1) is 19.6. The highest BCUT2D eigenvalue weighted by atomic mass is 19.3. The Morgan fingerprint density at radius 1 is 1.14 bits per heavy atom. The van der Waals surface area contributed by atoms with Gasteiger partial charge in [-0.3, -0.25) is 0 Å². The van der Waals surface area contributed by atoms with Crippen LogP contribution in [0.15, 0.2) is 48.5 Å². The fraction of sp³-hybridized carbons (Fsp3) is 0.300. The summed E-state index contributed by atoms with van der Waals surface area (Å²) in [5.74, 6) is 0.988. The van der Waals surface area contributed by atoms with Crippen molar-refractivity contribution >= 4 is 17.1 Å². The second-order valence-corrected chi connectivity index (χ2v) is 6.25. The van der Waals surface area contributed by atoms with Gasteiger partial charge in [0.15, 0.2) is 0 Å². The molecule has 0 aliphatic rings. The lowest BCUT2D eigenvalue weighted by molar-refractivity contribution is -0.0504. The van der Waals surface area contributed by atoms with Crippen LogP contribution in [0.1, 0.15) is 17.8 Å².